The van der Waals surface area contributed by atoms with E-state index in [4.69, 9.17) is 11.6 Å². The molecule has 0 aliphatic carbocycles. The van der Waals surface area contributed by atoms with Crippen LogP contribution in [0.25, 0.3) is 0 Å². The predicted octanol–water partition coefficient (Wildman–Crippen LogP) is 5.33. The van der Waals surface area contributed by atoms with E-state index in [2.05, 4.69) is 17.3 Å². The summed E-state index contributed by atoms with van der Waals surface area (Å²) in [6.45, 7) is 0. The number of benzene rings is 2. The van der Waals surface area contributed by atoms with Crippen LogP contribution >= 0.6 is 35.1 Å². The molecule has 3 rings (SSSR count). The Morgan fingerprint density at radius 2 is 1.70 bits per heavy atom. The van der Waals surface area contributed by atoms with Gasteiger partial charge in [0.1, 0.15) is 9.79 Å². The van der Waals surface area contributed by atoms with Gasteiger partial charge in [-0.2, -0.15) is 0 Å². The molecule has 5 heteroatoms. The first-order valence-electron chi connectivity index (χ1n) is 7.54. The molecule has 0 saturated carbocycles. The van der Waals surface area contributed by atoms with Crippen LogP contribution in [0.2, 0.25) is 5.02 Å². The Balaban J connectivity index is 2.02. The van der Waals surface area contributed by atoms with Crippen LogP contribution in [-0.4, -0.2) is 26.5 Å². The molecule has 120 valence electrons. The van der Waals surface area contributed by atoms with E-state index in [9.17, 15) is 5.21 Å². The zero-order valence-electron chi connectivity index (χ0n) is 12.6. The van der Waals surface area contributed by atoms with Gasteiger partial charge in [-0.05, 0) is 29.6 Å². The molecule has 1 fully saturated rings. The number of thioether (sulfide) groups is 2. The van der Waals surface area contributed by atoms with Gasteiger partial charge in [0, 0.05) is 17.0 Å². The molecule has 0 radical (unpaired) electrons. The highest BCUT2D eigenvalue weighted by molar-refractivity contribution is 8.20. The van der Waals surface area contributed by atoms with Crippen molar-refractivity contribution in [2.75, 3.05) is 11.5 Å². The van der Waals surface area contributed by atoms with Crippen LogP contribution in [0.15, 0.2) is 59.8 Å². The number of hydrogen-bond donors (Lipinski definition) is 1. The lowest BCUT2D eigenvalue weighted by atomic mass is 10.0. The molecule has 2 aromatic carbocycles. The standard InChI is InChI=1S/C18H18ClNOS2/c19-16-10-5-4-9-15(16)17(20-21)18(22-11-6-12-23-18)13-14-7-2-1-3-8-14/h1-5,7-10,21H,6,11-13H2/b20-17+. The maximum atomic E-state index is 9.80. The lowest BCUT2D eigenvalue weighted by Crippen LogP contribution is -2.38. The molecule has 2 nitrogen and oxygen atoms in total. The van der Waals surface area contributed by atoms with Crippen LogP contribution in [0.3, 0.4) is 0 Å². The molecule has 0 aromatic heterocycles. The van der Waals surface area contributed by atoms with Crippen LogP contribution < -0.4 is 0 Å². The highest BCUT2D eigenvalue weighted by Crippen LogP contribution is 2.47. The van der Waals surface area contributed by atoms with Crippen molar-refractivity contribution in [3.8, 4) is 0 Å². The minimum absolute atomic E-state index is 0.306. The van der Waals surface area contributed by atoms with Crippen LogP contribution in [0.1, 0.15) is 17.5 Å². The average molecular weight is 364 g/mol. The van der Waals surface area contributed by atoms with Crippen LogP contribution in [0.5, 0.6) is 0 Å². The van der Waals surface area contributed by atoms with E-state index >= 15 is 0 Å². The summed E-state index contributed by atoms with van der Waals surface area (Å²) in [5.74, 6) is 2.12. The van der Waals surface area contributed by atoms with E-state index in [1.165, 1.54) is 12.0 Å². The number of hydrogen-bond acceptors (Lipinski definition) is 4. The van der Waals surface area contributed by atoms with Crippen molar-refractivity contribution in [2.24, 2.45) is 5.16 Å². The summed E-state index contributed by atoms with van der Waals surface area (Å²) in [6.07, 6.45) is 1.99. The quantitative estimate of drug-likeness (QED) is 0.453. The molecule has 0 unspecified atom stereocenters. The van der Waals surface area contributed by atoms with Gasteiger partial charge in [-0.1, -0.05) is 65.3 Å². The number of oxime groups is 1. The van der Waals surface area contributed by atoms with Crippen molar-refractivity contribution >= 4 is 40.8 Å². The van der Waals surface area contributed by atoms with Gasteiger partial charge in [0.2, 0.25) is 0 Å². The van der Waals surface area contributed by atoms with Crippen molar-refractivity contribution in [3.05, 3.63) is 70.7 Å². The molecule has 1 aliphatic heterocycles. The first-order valence-corrected chi connectivity index (χ1v) is 9.89. The first kappa shape index (κ1) is 16.7. The molecule has 0 amide bonds. The number of nitrogens with zero attached hydrogens (tertiary/aromatic N) is 1. The van der Waals surface area contributed by atoms with Gasteiger partial charge in [0.15, 0.2) is 0 Å². The Labute approximate surface area is 150 Å². The lowest BCUT2D eigenvalue weighted by Gasteiger charge is -2.37. The molecule has 23 heavy (non-hydrogen) atoms. The van der Waals surface area contributed by atoms with Gasteiger partial charge in [-0.3, -0.25) is 0 Å². The topological polar surface area (TPSA) is 32.6 Å². The third kappa shape index (κ3) is 3.70. The largest absolute Gasteiger partial charge is 0.411 e. The first-order chi connectivity index (χ1) is 11.2. The van der Waals surface area contributed by atoms with Gasteiger partial charge < -0.3 is 5.21 Å². The van der Waals surface area contributed by atoms with E-state index in [1.807, 2.05) is 66.0 Å². The second-order valence-electron chi connectivity index (χ2n) is 5.39. The van der Waals surface area contributed by atoms with Gasteiger partial charge >= 0.3 is 0 Å². The minimum Gasteiger partial charge on any atom is -0.411 e. The Kier molecular flexibility index (Phi) is 5.57. The van der Waals surface area contributed by atoms with Gasteiger partial charge in [-0.25, -0.2) is 0 Å². The maximum absolute atomic E-state index is 9.80. The average Bonchev–Trinajstić information content (AvgIpc) is 2.59. The normalized spacial score (nSPS) is 17.9. The maximum Gasteiger partial charge on any atom is 0.115 e. The second-order valence-corrected chi connectivity index (χ2v) is 8.85. The van der Waals surface area contributed by atoms with E-state index in [-0.39, 0.29) is 4.08 Å². The number of halogens is 1. The van der Waals surface area contributed by atoms with E-state index < -0.39 is 0 Å². The molecule has 1 saturated heterocycles. The third-order valence-corrected chi connectivity index (χ3v) is 7.46. The van der Waals surface area contributed by atoms with Crippen molar-refractivity contribution in [3.63, 3.8) is 0 Å². The Bertz CT molecular complexity index is 684. The summed E-state index contributed by atoms with van der Waals surface area (Å²) < 4.78 is -0.306. The van der Waals surface area contributed by atoms with E-state index in [0.717, 1.165) is 23.5 Å². The lowest BCUT2D eigenvalue weighted by molar-refractivity contribution is 0.318. The molecule has 1 N–H and O–H groups in total. The zero-order valence-corrected chi connectivity index (χ0v) is 15.0. The number of rotatable bonds is 4. The summed E-state index contributed by atoms with van der Waals surface area (Å²) in [7, 11) is 0. The Hall–Kier alpha value is -1.10. The van der Waals surface area contributed by atoms with Gasteiger partial charge in [0.05, 0.1) is 0 Å². The fourth-order valence-corrected chi connectivity index (χ4v) is 6.34. The summed E-state index contributed by atoms with van der Waals surface area (Å²) in [6, 6.07) is 18.0. The molecule has 0 bridgehead atoms. The molecule has 0 spiro atoms. The Morgan fingerprint density at radius 1 is 1.04 bits per heavy atom. The fourth-order valence-electron chi connectivity index (χ4n) is 2.75. The smallest absolute Gasteiger partial charge is 0.115 e. The summed E-state index contributed by atoms with van der Waals surface area (Å²) in [4.78, 5) is 0. The van der Waals surface area contributed by atoms with Crippen molar-refractivity contribution in [1.82, 2.24) is 0 Å². The summed E-state index contributed by atoms with van der Waals surface area (Å²) in [5.41, 5.74) is 2.72. The van der Waals surface area contributed by atoms with Crippen molar-refractivity contribution in [1.29, 1.82) is 0 Å². The fraction of sp³-hybridized carbons (Fsp3) is 0.278. The summed E-state index contributed by atoms with van der Waals surface area (Å²) in [5, 5.41) is 14.1. The van der Waals surface area contributed by atoms with Crippen molar-refractivity contribution < 1.29 is 5.21 Å². The predicted molar refractivity (Wildman–Crippen MR) is 102 cm³/mol. The molecular weight excluding hydrogens is 346 g/mol. The van der Waals surface area contributed by atoms with E-state index in [0.29, 0.717) is 10.7 Å². The molecule has 1 heterocycles. The highest BCUT2D eigenvalue weighted by atomic mass is 35.5. The van der Waals surface area contributed by atoms with Gasteiger partial charge in [-0.15, -0.1) is 23.5 Å². The highest BCUT2D eigenvalue weighted by Gasteiger charge is 2.41. The van der Waals surface area contributed by atoms with Crippen molar-refractivity contribution in [2.45, 2.75) is 16.9 Å². The minimum atomic E-state index is -0.306. The van der Waals surface area contributed by atoms with Crippen LogP contribution in [0.4, 0.5) is 0 Å². The molecule has 0 atom stereocenters. The van der Waals surface area contributed by atoms with Gasteiger partial charge in [0.25, 0.3) is 0 Å². The summed E-state index contributed by atoms with van der Waals surface area (Å²) >= 11 is 10.1. The molecule has 1 aliphatic rings. The van der Waals surface area contributed by atoms with Crippen LogP contribution in [-0.2, 0) is 6.42 Å². The van der Waals surface area contributed by atoms with Crippen LogP contribution in [0, 0.1) is 0 Å². The second kappa shape index (κ2) is 7.65. The SMILES string of the molecule is O/N=C(\c1ccccc1Cl)C1(Cc2ccccc2)SCCCS1. The Morgan fingerprint density at radius 3 is 2.35 bits per heavy atom. The zero-order chi connectivity index (χ0) is 16.1. The van der Waals surface area contributed by atoms with E-state index in [1.54, 1.807) is 0 Å². The third-order valence-electron chi connectivity index (χ3n) is 3.83. The molecule has 2 aromatic rings. The molecular formula is C18H18ClNOS2. The monoisotopic (exact) mass is 363 g/mol.